The first-order valence-electron chi connectivity index (χ1n) is 5.77. The molecule has 17 heavy (non-hydrogen) atoms. The molecule has 1 saturated carbocycles. The smallest absolute Gasteiger partial charge is 0.354 e. The molecule has 1 fully saturated rings. The van der Waals surface area contributed by atoms with Crippen molar-refractivity contribution in [1.82, 2.24) is 9.97 Å². The van der Waals surface area contributed by atoms with Gasteiger partial charge in [-0.3, -0.25) is 0 Å². The highest BCUT2D eigenvalue weighted by Crippen LogP contribution is 2.38. The summed E-state index contributed by atoms with van der Waals surface area (Å²) in [5.41, 5.74) is 0.742. The first-order valence-corrected chi connectivity index (χ1v) is 5.77. The summed E-state index contributed by atoms with van der Waals surface area (Å²) >= 11 is 0. The van der Waals surface area contributed by atoms with E-state index in [1.165, 1.54) is 12.5 Å². The van der Waals surface area contributed by atoms with Crippen LogP contribution in [0, 0.1) is 18.8 Å². The Morgan fingerprint density at radius 1 is 1.59 bits per heavy atom. The summed E-state index contributed by atoms with van der Waals surface area (Å²) in [6.45, 7) is 4.90. The minimum Gasteiger partial charge on any atom is -0.477 e. The highest BCUT2D eigenvalue weighted by molar-refractivity contribution is 5.85. The van der Waals surface area contributed by atoms with Crippen LogP contribution in [-0.2, 0) is 0 Å². The number of aromatic nitrogens is 2. The third-order valence-electron chi connectivity index (χ3n) is 3.19. The number of carbonyl (C=O) groups is 1. The topological polar surface area (TPSA) is 66.3 Å². The molecule has 1 aliphatic rings. The molecule has 1 N–H and O–H groups in total. The standard InChI is InChI=1S/C12H17N3O2/c1-7-4-9(7)6-15(3)12-13-8(2)5-10(14-12)11(16)17/h5,7,9H,4,6H2,1-3H3,(H,16,17). The van der Waals surface area contributed by atoms with Gasteiger partial charge in [0.15, 0.2) is 5.69 Å². The molecule has 1 aromatic heterocycles. The van der Waals surface area contributed by atoms with Crippen LogP contribution in [0.25, 0.3) is 0 Å². The number of carboxylic acid groups (broad SMARTS) is 1. The molecule has 1 aliphatic carbocycles. The molecule has 5 heteroatoms. The van der Waals surface area contributed by atoms with Gasteiger partial charge in [-0.05, 0) is 31.2 Å². The summed E-state index contributed by atoms with van der Waals surface area (Å²) < 4.78 is 0. The molecule has 1 aromatic rings. The Balaban J connectivity index is 2.16. The molecular formula is C12H17N3O2. The number of rotatable bonds is 4. The summed E-state index contributed by atoms with van der Waals surface area (Å²) in [5.74, 6) is 0.949. The number of hydrogen-bond donors (Lipinski definition) is 1. The number of hydrogen-bond acceptors (Lipinski definition) is 4. The van der Waals surface area contributed by atoms with Crippen LogP contribution in [0.2, 0.25) is 0 Å². The van der Waals surface area contributed by atoms with E-state index in [4.69, 9.17) is 5.11 Å². The van der Waals surface area contributed by atoms with E-state index in [0.717, 1.165) is 12.5 Å². The van der Waals surface area contributed by atoms with E-state index in [1.807, 2.05) is 11.9 Å². The molecule has 2 rings (SSSR count). The van der Waals surface area contributed by atoms with Gasteiger partial charge in [0, 0.05) is 19.3 Å². The summed E-state index contributed by atoms with van der Waals surface area (Å²) in [4.78, 5) is 21.2. The number of aromatic carboxylic acids is 1. The summed E-state index contributed by atoms with van der Waals surface area (Å²) in [6, 6.07) is 1.49. The highest BCUT2D eigenvalue weighted by Gasteiger charge is 2.33. The molecule has 2 atom stereocenters. The van der Waals surface area contributed by atoms with Crippen LogP contribution in [-0.4, -0.2) is 34.6 Å². The van der Waals surface area contributed by atoms with Gasteiger partial charge in [0.1, 0.15) is 0 Å². The predicted octanol–water partition coefficient (Wildman–Crippen LogP) is 1.58. The number of aryl methyl sites for hydroxylation is 1. The van der Waals surface area contributed by atoms with Crippen molar-refractivity contribution in [3.05, 3.63) is 17.5 Å². The normalized spacial score (nSPS) is 22.3. The second-order valence-corrected chi connectivity index (χ2v) is 4.85. The van der Waals surface area contributed by atoms with Gasteiger partial charge in [-0.15, -0.1) is 0 Å². The maximum atomic E-state index is 10.9. The second kappa shape index (κ2) is 4.31. The van der Waals surface area contributed by atoms with E-state index < -0.39 is 5.97 Å². The monoisotopic (exact) mass is 235 g/mol. The van der Waals surface area contributed by atoms with Crippen molar-refractivity contribution in [2.24, 2.45) is 11.8 Å². The zero-order valence-corrected chi connectivity index (χ0v) is 10.3. The average molecular weight is 235 g/mol. The molecule has 1 heterocycles. The lowest BCUT2D eigenvalue weighted by molar-refractivity contribution is 0.0690. The lowest BCUT2D eigenvalue weighted by atomic mass is 10.3. The molecule has 92 valence electrons. The third kappa shape index (κ3) is 2.72. The van der Waals surface area contributed by atoms with Gasteiger partial charge in [-0.2, -0.15) is 0 Å². The molecule has 0 radical (unpaired) electrons. The quantitative estimate of drug-likeness (QED) is 0.858. The Kier molecular flexibility index (Phi) is 3.00. The molecule has 5 nitrogen and oxygen atoms in total. The van der Waals surface area contributed by atoms with Crippen molar-refractivity contribution in [2.45, 2.75) is 20.3 Å². The van der Waals surface area contributed by atoms with E-state index in [9.17, 15) is 4.79 Å². The van der Waals surface area contributed by atoms with Crippen LogP contribution < -0.4 is 4.90 Å². The van der Waals surface area contributed by atoms with Crippen molar-refractivity contribution in [2.75, 3.05) is 18.5 Å². The lowest BCUT2D eigenvalue weighted by Crippen LogP contribution is -2.24. The molecule has 0 bridgehead atoms. The maximum absolute atomic E-state index is 10.9. The van der Waals surface area contributed by atoms with Crippen molar-refractivity contribution < 1.29 is 9.90 Å². The summed E-state index contributed by atoms with van der Waals surface area (Å²) in [7, 11) is 1.91. The van der Waals surface area contributed by atoms with Gasteiger partial charge in [0.2, 0.25) is 5.95 Å². The van der Waals surface area contributed by atoms with Crippen LogP contribution in [0.1, 0.15) is 29.5 Å². The Morgan fingerprint density at radius 2 is 2.24 bits per heavy atom. The molecule has 0 saturated heterocycles. The summed E-state index contributed by atoms with van der Waals surface area (Å²) in [5, 5.41) is 8.94. The van der Waals surface area contributed by atoms with E-state index in [-0.39, 0.29) is 5.69 Å². The molecule has 0 spiro atoms. The van der Waals surface area contributed by atoms with Gasteiger partial charge < -0.3 is 10.0 Å². The third-order valence-corrected chi connectivity index (χ3v) is 3.19. The minimum absolute atomic E-state index is 0.0585. The maximum Gasteiger partial charge on any atom is 0.354 e. The van der Waals surface area contributed by atoms with E-state index >= 15 is 0 Å². The van der Waals surface area contributed by atoms with Crippen molar-refractivity contribution in [3.63, 3.8) is 0 Å². The van der Waals surface area contributed by atoms with Gasteiger partial charge in [0.05, 0.1) is 0 Å². The fourth-order valence-electron chi connectivity index (χ4n) is 1.92. The molecule has 2 unspecified atom stereocenters. The second-order valence-electron chi connectivity index (χ2n) is 4.85. The lowest BCUT2D eigenvalue weighted by Gasteiger charge is -2.17. The number of carboxylic acids is 1. The van der Waals surface area contributed by atoms with Crippen LogP contribution in [0.5, 0.6) is 0 Å². The largest absolute Gasteiger partial charge is 0.477 e. The Morgan fingerprint density at radius 3 is 2.76 bits per heavy atom. The molecule has 0 aromatic carbocycles. The van der Waals surface area contributed by atoms with Gasteiger partial charge in [-0.25, -0.2) is 14.8 Å². The van der Waals surface area contributed by atoms with Crippen LogP contribution >= 0.6 is 0 Å². The zero-order chi connectivity index (χ0) is 12.6. The van der Waals surface area contributed by atoms with E-state index in [1.54, 1.807) is 6.92 Å². The average Bonchev–Trinajstić information content (AvgIpc) is 2.93. The molecule has 0 aliphatic heterocycles. The summed E-state index contributed by atoms with van der Waals surface area (Å²) in [6.07, 6.45) is 1.24. The van der Waals surface area contributed by atoms with Crippen LogP contribution in [0.15, 0.2) is 6.07 Å². The fourth-order valence-corrected chi connectivity index (χ4v) is 1.92. The zero-order valence-electron chi connectivity index (χ0n) is 10.3. The van der Waals surface area contributed by atoms with Crippen molar-refractivity contribution in [1.29, 1.82) is 0 Å². The minimum atomic E-state index is -1.01. The van der Waals surface area contributed by atoms with Crippen LogP contribution in [0.3, 0.4) is 0 Å². The van der Waals surface area contributed by atoms with E-state index in [2.05, 4.69) is 16.9 Å². The van der Waals surface area contributed by atoms with Crippen molar-refractivity contribution >= 4 is 11.9 Å². The Hall–Kier alpha value is -1.65. The Labute approximate surface area is 100 Å². The van der Waals surface area contributed by atoms with Gasteiger partial charge >= 0.3 is 5.97 Å². The van der Waals surface area contributed by atoms with Crippen molar-refractivity contribution in [3.8, 4) is 0 Å². The highest BCUT2D eigenvalue weighted by atomic mass is 16.4. The van der Waals surface area contributed by atoms with Gasteiger partial charge in [-0.1, -0.05) is 6.92 Å². The number of nitrogens with zero attached hydrogens (tertiary/aromatic N) is 3. The molecule has 0 amide bonds. The first-order chi connectivity index (χ1) is 7.97. The first kappa shape index (κ1) is 11.8. The number of anilines is 1. The predicted molar refractivity (Wildman–Crippen MR) is 64.3 cm³/mol. The van der Waals surface area contributed by atoms with E-state index in [0.29, 0.717) is 17.6 Å². The van der Waals surface area contributed by atoms with Gasteiger partial charge in [0.25, 0.3) is 0 Å². The fraction of sp³-hybridized carbons (Fsp3) is 0.583. The van der Waals surface area contributed by atoms with Crippen LogP contribution in [0.4, 0.5) is 5.95 Å². The molecular weight excluding hydrogens is 218 g/mol. The Bertz CT molecular complexity index is 447. The SMILES string of the molecule is Cc1cc(C(=O)O)nc(N(C)CC2CC2C)n1.